The Morgan fingerprint density at radius 3 is 2.28 bits per heavy atom. The molecule has 0 fully saturated rings. The van der Waals surface area contributed by atoms with E-state index < -0.39 is 5.97 Å². The largest absolute Gasteiger partial charge is 0.478 e. The Labute approximate surface area is 178 Å². The van der Waals surface area contributed by atoms with E-state index in [4.69, 9.17) is 23.2 Å². The fourth-order valence-corrected chi connectivity index (χ4v) is 3.79. The third kappa shape index (κ3) is 3.67. The van der Waals surface area contributed by atoms with Gasteiger partial charge in [-0.05, 0) is 48.9 Å². The number of carboxylic acids is 1. The smallest absolute Gasteiger partial charge is 0.335 e. The van der Waals surface area contributed by atoms with Crippen molar-refractivity contribution in [3.63, 3.8) is 0 Å². The molecule has 0 aliphatic carbocycles. The van der Waals surface area contributed by atoms with Crippen molar-refractivity contribution in [2.45, 2.75) is 6.92 Å². The summed E-state index contributed by atoms with van der Waals surface area (Å²) in [6, 6.07) is 24.6. The molecule has 0 atom stereocenters. The average Bonchev–Trinajstić information content (AvgIpc) is 3.08. The summed E-state index contributed by atoms with van der Waals surface area (Å²) in [7, 11) is 0. The van der Waals surface area contributed by atoms with E-state index in [-0.39, 0.29) is 5.56 Å². The lowest BCUT2D eigenvalue weighted by atomic mass is 10.1. The Balaban J connectivity index is 2.00. The summed E-state index contributed by atoms with van der Waals surface area (Å²) in [5.74, 6) is -0.962. The van der Waals surface area contributed by atoms with E-state index in [2.05, 4.69) is 18.2 Å². The molecule has 1 aromatic heterocycles. The van der Waals surface area contributed by atoms with Crippen LogP contribution >= 0.6 is 23.2 Å². The molecule has 1 heterocycles. The van der Waals surface area contributed by atoms with Crippen molar-refractivity contribution in [3.8, 4) is 28.1 Å². The van der Waals surface area contributed by atoms with Gasteiger partial charge in [0.25, 0.3) is 0 Å². The van der Waals surface area contributed by atoms with E-state index in [0.717, 1.165) is 33.8 Å². The highest BCUT2D eigenvalue weighted by atomic mass is 35.5. The van der Waals surface area contributed by atoms with Gasteiger partial charge in [-0.1, -0.05) is 65.7 Å². The molecule has 0 saturated heterocycles. The highest BCUT2D eigenvalue weighted by molar-refractivity contribution is 6.42. The lowest BCUT2D eigenvalue weighted by Crippen LogP contribution is -2.03. The Hall–Kier alpha value is -3.01. The summed E-state index contributed by atoms with van der Waals surface area (Å²) in [6.45, 7) is 2.02. The minimum atomic E-state index is -0.962. The molecule has 29 heavy (non-hydrogen) atoms. The van der Waals surface area contributed by atoms with Gasteiger partial charge >= 0.3 is 5.97 Å². The molecule has 0 aliphatic rings. The zero-order valence-electron chi connectivity index (χ0n) is 15.6. The first-order chi connectivity index (χ1) is 14.0. The summed E-state index contributed by atoms with van der Waals surface area (Å²) in [5, 5.41) is 10.4. The lowest BCUT2D eigenvalue weighted by molar-refractivity contribution is 0.0697. The van der Waals surface area contributed by atoms with Gasteiger partial charge in [0.2, 0.25) is 0 Å². The predicted octanol–water partition coefficient (Wildman–Crippen LogP) is 7.12. The van der Waals surface area contributed by atoms with E-state index in [1.807, 2.05) is 47.9 Å². The van der Waals surface area contributed by atoms with Crippen molar-refractivity contribution >= 4 is 29.2 Å². The Morgan fingerprint density at radius 1 is 0.828 bits per heavy atom. The molecule has 0 amide bonds. The number of nitrogens with zero attached hydrogens (tertiary/aromatic N) is 1. The number of carbonyl (C=O) groups is 1. The second-order valence-electron chi connectivity index (χ2n) is 6.71. The highest BCUT2D eigenvalue weighted by Crippen LogP contribution is 2.37. The maximum atomic E-state index is 11.5. The fraction of sp³-hybridized carbons (Fsp3) is 0.0417. The number of carboxylic acid groups (broad SMARTS) is 1. The SMILES string of the molecule is Cc1c(-c2ccccc2)cc(-c2ccc(Cl)c(Cl)c2)n1-c1cccc(C(=O)O)c1. The maximum absolute atomic E-state index is 11.5. The minimum Gasteiger partial charge on any atom is -0.478 e. The van der Waals surface area contributed by atoms with Crippen LogP contribution in [0.1, 0.15) is 16.1 Å². The normalized spacial score (nSPS) is 10.9. The molecule has 3 aromatic carbocycles. The second kappa shape index (κ2) is 7.78. The van der Waals surface area contributed by atoms with Gasteiger partial charge in [-0.25, -0.2) is 4.79 Å². The summed E-state index contributed by atoms with van der Waals surface area (Å²) in [5.41, 5.74) is 5.95. The summed E-state index contributed by atoms with van der Waals surface area (Å²) >= 11 is 12.4. The third-order valence-corrected chi connectivity index (χ3v) is 5.64. The maximum Gasteiger partial charge on any atom is 0.335 e. The van der Waals surface area contributed by atoms with Gasteiger partial charge in [0.15, 0.2) is 0 Å². The van der Waals surface area contributed by atoms with Crippen molar-refractivity contribution in [3.05, 3.63) is 100 Å². The fourth-order valence-electron chi connectivity index (χ4n) is 3.50. The second-order valence-corrected chi connectivity index (χ2v) is 7.53. The molecular formula is C24H17Cl2NO2. The van der Waals surface area contributed by atoms with Crippen LogP contribution in [0.5, 0.6) is 0 Å². The molecule has 144 valence electrons. The topological polar surface area (TPSA) is 42.2 Å². The molecule has 1 N–H and O–H groups in total. The van der Waals surface area contributed by atoms with Crippen LogP contribution in [0.25, 0.3) is 28.1 Å². The van der Waals surface area contributed by atoms with Crippen molar-refractivity contribution in [2.75, 3.05) is 0 Å². The van der Waals surface area contributed by atoms with Crippen LogP contribution in [0.15, 0.2) is 78.9 Å². The summed E-state index contributed by atoms with van der Waals surface area (Å²) in [6.07, 6.45) is 0. The number of rotatable bonds is 4. The molecule has 0 aliphatic heterocycles. The van der Waals surface area contributed by atoms with Gasteiger partial charge in [-0.2, -0.15) is 0 Å². The van der Waals surface area contributed by atoms with Crippen LogP contribution in [-0.2, 0) is 0 Å². The predicted molar refractivity (Wildman–Crippen MR) is 118 cm³/mol. The van der Waals surface area contributed by atoms with Gasteiger partial charge in [0.05, 0.1) is 21.3 Å². The van der Waals surface area contributed by atoms with E-state index in [1.165, 1.54) is 0 Å². The first-order valence-corrected chi connectivity index (χ1v) is 9.78. The van der Waals surface area contributed by atoms with Crippen LogP contribution in [0.3, 0.4) is 0 Å². The Bertz CT molecular complexity index is 1210. The van der Waals surface area contributed by atoms with Crippen LogP contribution in [0.2, 0.25) is 10.0 Å². The number of benzene rings is 3. The first kappa shape index (κ1) is 19.3. The minimum absolute atomic E-state index is 0.233. The number of hydrogen-bond acceptors (Lipinski definition) is 1. The van der Waals surface area contributed by atoms with Gasteiger partial charge in [-0.3, -0.25) is 0 Å². The van der Waals surface area contributed by atoms with Crippen molar-refractivity contribution in [1.29, 1.82) is 0 Å². The van der Waals surface area contributed by atoms with E-state index in [1.54, 1.807) is 24.3 Å². The summed E-state index contributed by atoms with van der Waals surface area (Å²) in [4.78, 5) is 11.5. The summed E-state index contributed by atoms with van der Waals surface area (Å²) < 4.78 is 2.05. The molecule has 4 rings (SSSR count). The van der Waals surface area contributed by atoms with E-state index in [0.29, 0.717) is 10.0 Å². The zero-order chi connectivity index (χ0) is 20.5. The number of aromatic nitrogens is 1. The number of aromatic carboxylic acids is 1. The molecule has 3 nitrogen and oxygen atoms in total. The molecule has 0 spiro atoms. The van der Waals surface area contributed by atoms with Gasteiger partial charge in [0.1, 0.15) is 0 Å². The van der Waals surface area contributed by atoms with Crippen molar-refractivity contribution in [1.82, 2.24) is 4.57 Å². The average molecular weight is 422 g/mol. The number of halogens is 2. The van der Waals surface area contributed by atoms with E-state index in [9.17, 15) is 9.90 Å². The monoisotopic (exact) mass is 421 g/mol. The van der Waals surface area contributed by atoms with Crippen LogP contribution in [-0.4, -0.2) is 15.6 Å². The number of hydrogen-bond donors (Lipinski definition) is 1. The Morgan fingerprint density at radius 2 is 1.59 bits per heavy atom. The molecule has 0 bridgehead atoms. The molecule has 4 aromatic rings. The third-order valence-electron chi connectivity index (χ3n) is 4.90. The molecule has 5 heteroatoms. The first-order valence-electron chi connectivity index (χ1n) is 9.02. The van der Waals surface area contributed by atoms with Crippen molar-refractivity contribution < 1.29 is 9.90 Å². The van der Waals surface area contributed by atoms with Crippen LogP contribution < -0.4 is 0 Å². The Kier molecular flexibility index (Phi) is 5.18. The van der Waals surface area contributed by atoms with Gasteiger partial charge in [0, 0.05) is 22.5 Å². The quantitative estimate of drug-likeness (QED) is 0.380. The standard InChI is InChI=1S/C24H17Cl2NO2/c1-15-20(16-6-3-2-4-7-16)14-23(17-10-11-21(25)22(26)13-17)27(15)19-9-5-8-18(12-19)24(28)29/h2-14H,1H3,(H,28,29). The lowest BCUT2D eigenvalue weighted by Gasteiger charge is -2.14. The highest BCUT2D eigenvalue weighted by Gasteiger charge is 2.17. The molecule has 0 unspecified atom stereocenters. The van der Waals surface area contributed by atoms with Gasteiger partial charge < -0.3 is 9.67 Å². The molecule has 0 saturated carbocycles. The van der Waals surface area contributed by atoms with Crippen LogP contribution in [0, 0.1) is 6.92 Å². The van der Waals surface area contributed by atoms with Crippen molar-refractivity contribution in [2.24, 2.45) is 0 Å². The molecule has 0 radical (unpaired) electrons. The van der Waals surface area contributed by atoms with E-state index >= 15 is 0 Å². The van der Waals surface area contributed by atoms with Gasteiger partial charge in [-0.15, -0.1) is 0 Å². The van der Waals surface area contributed by atoms with Crippen LogP contribution in [0.4, 0.5) is 0 Å². The molecular weight excluding hydrogens is 405 g/mol. The zero-order valence-corrected chi connectivity index (χ0v) is 17.1.